The van der Waals surface area contributed by atoms with Gasteiger partial charge < -0.3 is 19.9 Å². The first-order chi connectivity index (χ1) is 18.0. The lowest BCUT2D eigenvalue weighted by Gasteiger charge is -2.38. The zero-order valence-electron chi connectivity index (χ0n) is 20.8. The van der Waals surface area contributed by atoms with E-state index in [4.69, 9.17) is 21.1 Å². The van der Waals surface area contributed by atoms with Crippen molar-refractivity contribution >= 4 is 31.6 Å². The number of nitrogens with zero attached hydrogens (tertiary/aromatic N) is 1. The number of sulfonamides is 2. The highest BCUT2D eigenvalue weighted by molar-refractivity contribution is 7.89. The molecule has 10 nitrogen and oxygen atoms in total. The molecule has 0 aliphatic carbocycles. The van der Waals surface area contributed by atoms with Gasteiger partial charge in [0.1, 0.15) is 29.2 Å². The van der Waals surface area contributed by atoms with E-state index in [1.54, 1.807) is 12.1 Å². The number of aliphatic hydroxyl groups is 1. The molecule has 0 aromatic heterocycles. The van der Waals surface area contributed by atoms with Crippen molar-refractivity contribution in [2.24, 2.45) is 0 Å². The molecule has 2 saturated heterocycles. The maximum absolute atomic E-state index is 13.8. The number of rotatable bonds is 10. The molecule has 2 atom stereocenters. The molecule has 0 radical (unpaired) electrons. The smallest absolute Gasteiger partial charge is 0.244 e. The van der Waals surface area contributed by atoms with Gasteiger partial charge in [-0.3, -0.25) is 0 Å². The average Bonchev–Trinajstić information content (AvgIpc) is 3.30. The summed E-state index contributed by atoms with van der Waals surface area (Å²) in [6.07, 6.45) is 0.766. The molecule has 2 aromatic carbocycles. The molecule has 0 saturated carbocycles. The maximum atomic E-state index is 13.8. The molecular weight excluding hydrogens is 561 g/mol. The van der Waals surface area contributed by atoms with Crippen molar-refractivity contribution in [2.45, 2.75) is 46.8 Å². The molecule has 2 aromatic rings. The zero-order valence-corrected chi connectivity index (χ0v) is 23.2. The minimum atomic E-state index is -3.93. The van der Waals surface area contributed by atoms with Crippen molar-refractivity contribution in [1.82, 2.24) is 14.3 Å². The van der Waals surface area contributed by atoms with Gasteiger partial charge in [0.2, 0.25) is 20.0 Å². The van der Waals surface area contributed by atoms with Crippen LogP contribution in [0.25, 0.3) is 0 Å². The first kappa shape index (κ1) is 29.2. The number of nitrogens with one attached hydrogen (secondary N) is 2. The molecule has 2 heterocycles. The molecule has 3 N–H and O–H groups in total. The minimum absolute atomic E-state index is 0.0328. The van der Waals surface area contributed by atoms with Gasteiger partial charge in [0.15, 0.2) is 0 Å². The third kappa shape index (κ3) is 6.48. The fraction of sp³-hybridized carbons (Fsp3) is 0.500. The molecule has 2 unspecified atom stereocenters. The van der Waals surface area contributed by atoms with Crippen molar-refractivity contribution in [1.29, 1.82) is 0 Å². The van der Waals surface area contributed by atoms with Gasteiger partial charge in [0, 0.05) is 31.7 Å². The Balaban J connectivity index is 1.24. The summed E-state index contributed by atoms with van der Waals surface area (Å²) in [5, 5.41) is 13.2. The first-order valence-corrected chi connectivity index (χ1v) is 15.4. The van der Waals surface area contributed by atoms with Crippen LogP contribution in [0.5, 0.6) is 5.75 Å². The molecule has 38 heavy (non-hydrogen) atoms. The second-order valence-corrected chi connectivity index (χ2v) is 13.6. The summed E-state index contributed by atoms with van der Waals surface area (Å²) >= 11 is 5.92. The zero-order chi connectivity index (χ0) is 27.6. The topological polar surface area (TPSA) is 134 Å². The van der Waals surface area contributed by atoms with Crippen LogP contribution >= 0.6 is 11.6 Å². The van der Waals surface area contributed by atoms with E-state index in [9.17, 15) is 26.3 Å². The standard InChI is InChI=1S/C24H31ClFN3O7S2/c1-27-37(31,32)20-5-2-4-19(12-20)35-16-18(30)14-28-17-13-24(36-15-17)8-10-29(11-9-24)38(33,34)22-7-3-6-21(26)23(22)25/h2-7,12,17-18,27-28,30H,8-11,13-16H2,1H3. The Kier molecular flexibility index (Phi) is 8.99. The summed E-state index contributed by atoms with van der Waals surface area (Å²) in [5.74, 6) is -0.457. The summed E-state index contributed by atoms with van der Waals surface area (Å²) in [6, 6.07) is 9.70. The lowest BCUT2D eigenvalue weighted by atomic mass is 9.88. The number of piperidine rings is 1. The van der Waals surface area contributed by atoms with E-state index in [0.29, 0.717) is 31.6 Å². The fourth-order valence-corrected chi connectivity index (χ4v) is 7.38. The predicted octanol–water partition coefficient (Wildman–Crippen LogP) is 1.73. The van der Waals surface area contributed by atoms with Gasteiger partial charge >= 0.3 is 0 Å². The number of benzene rings is 2. The summed E-state index contributed by atoms with van der Waals surface area (Å²) in [4.78, 5) is -0.176. The highest BCUT2D eigenvalue weighted by Crippen LogP contribution is 2.38. The molecule has 2 aliphatic heterocycles. The van der Waals surface area contributed by atoms with E-state index >= 15 is 0 Å². The van der Waals surface area contributed by atoms with Gasteiger partial charge in [-0.2, -0.15) is 4.31 Å². The highest BCUT2D eigenvalue weighted by Gasteiger charge is 2.45. The molecule has 14 heteroatoms. The highest BCUT2D eigenvalue weighted by atomic mass is 35.5. The predicted molar refractivity (Wildman–Crippen MR) is 139 cm³/mol. The summed E-state index contributed by atoms with van der Waals surface area (Å²) in [6.45, 7) is 1.06. The molecule has 210 valence electrons. The van der Waals surface area contributed by atoms with Crippen LogP contribution in [-0.2, 0) is 24.8 Å². The van der Waals surface area contributed by atoms with E-state index in [2.05, 4.69) is 10.0 Å². The molecule has 0 bridgehead atoms. The van der Waals surface area contributed by atoms with Crippen LogP contribution in [0.3, 0.4) is 0 Å². The van der Waals surface area contributed by atoms with Gasteiger partial charge in [-0.1, -0.05) is 23.7 Å². The van der Waals surface area contributed by atoms with Gasteiger partial charge in [-0.15, -0.1) is 0 Å². The van der Waals surface area contributed by atoms with Crippen LogP contribution in [0.2, 0.25) is 5.02 Å². The summed E-state index contributed by atoms with van der Waals surface area (Å²) in [7, 11) is -6.21. The normalized spacial score (nSPS) is 21.0. The second kappa shape index (κ2) is 11.7. The van der Waals surface area contributed by atoms with Crippen molar-refractivity contribution in [2.75, 3.05) is 39.9 Å². The van der Waals surface area contributed by atoms with Crippen LogP contribution < -0.4 is 14.8 Å². The van der Waals surface area contributed by atoms with Crippen molar-refractivity contribution in [3.63, 3.8) is 0 Å². The Morgan fingerprint density at radius 2 is 1.92 bits per heavy atom. The molecule has 2 aliphatic rings. The van der Waals surface area contributed by atoms with Gasteiger partial charge in [-0.05, 0) is 50.6 Å². The largest absolute Gasteiger partial charge is 0.491 e. The summed E-state index contributed by atoms with van der Waals surface area (Å²) < 4.78 is 78.9. The van der Waals surface area contributed by atoms with Gasteiger partial charge in [0.25, 0.3) is 0 Å². The average molecular weight is 592 g/mol. The fourth-order valence-electron chi connectivity index (χ4n) is 4.68. The van der Waals surface area contributed by atoms with E-state index in [1.807, 2.05) is 0 Å². The minimum Gasteiger partial charge on any atom is -0.491 e. The molecule has 2 fully saturated rings. The quantitative estimate of drug-likeness (QED) is 0.380. The number of ether oxygens (including phenoxy) is 2. The molecule has 0 amide bonds. The van der Waals surface area contributed by atoms with E-state index in [-0.39, 0.29) is 42.1 Å². The Hall–Kier alpha value is -1.84. The van der Waals surface area contributed by atoms with E-state index in [1.165, 1.54) is 35.6 Å². The van der Waals surface area contributed by atoms with Crippen LogP contribution in [0, 0.1) is 5.82 Å². The van der Waals surface area contributed by atoms with E-state index in [0.717, 1.165) is 6.07 Å². The monoisotopic (exact) mass is 591 g/mol. The summed E-state index contributed by atoms with van der Waals surface area (Å²) in [5.41, 5.74) is -0.476. The molecule has 4 rings (SSSR count). The number of aliphatic hydroxyl groups excluding tert-OH is 1. The van der Waals surface area contributed by atoms with Crippen LogP contribution in [0.15, 0.2) is 52.3 Å². The van der Waals surface area contributed by atoms with Crippen molar-refractivity contribution < 1.29 is 35.8 Å². The Morgan fingerprint density at radius 1 is 1.21 bits per heavy atom. The first-order valence-electron chi connectivity index (χ1n) is 12.1. The van der Waals surface area contributed by atoms with Crippen LogP contribution in [0.4, 0.5) is 4.39 Å². The van der Waals surface area contributed by atoms with E-state index < -0.39 is 42.6 Å². The van der Waals surface area contributed by atoms with Crippen molar-refractivity contribution in [3.05, 3.63) is 53.3 Å². The Morgan fingerprint density at radius 3 is 2.63 bits per heavy atom. The number of hydrogen-bond donors (Lipinski definition) is 3. The SMILES string of the molecule is CNS(=O)(=O)c1cccc(OCC(O)CNC2COC3(CCN(S(=O)(=O)c4cccc(F)c4Cl)CC3)C2)c1. The van der Waals surface area contributed by atoms with Crippen LogP contribution in [0.1, 0.15) is 19.3 Å². The second-order valence-electron chi connectivity index (χ2n) is 9.41. The van der Waals surface area contributed by atoms with Gasteiger partial charge in [0.05, 0.1) is 22.1 Å². The van der Waals surface area contributed by atoms with Crippen molar-refractivity contribution in [3.8, 4) is 5.75 Å². The lowest BCUT2D eigenvalue weighted by molar-refractivity contribution is -0.0312. The third-order valence-electron chi connectivity index (χ3n) is 6.85. The Bertz CT molecular complexity index is 1350. The van der Waals surface area contributed by atoms with Gasteiger partial charge in [-0.25, -0.2) is 25.9 Å². The molecule has 1 spiro atoms. The molecular formula is C24H31ClFN3O7S2. The van der Waals surface area contributed by atoms with Crippen LogP contribution in [-0.4, -0.2) is 83.9 Å². The number of halogens is 2. The maximum Gasteiger partial charge on any atom is 0.244 e. The lowest BCUT2D eigenvalue weighted by Crippen LogP contribution is -2.47. The Labute approximate surface area is 227 Å². The number of hydrogen-bond acceptors (Lipinski definition) is 8. The third-order valence-corrected chi connectivity index (χ3v) is 10.7.